The lowest BCUT2D eigenvalue weighted by molar-refractivity contribution is -0.124. The van der Waals surface area contributed by atoms with Gasteiger partial charge in [0.25, 0.3) is 0 Å². The van der Waals surface area contributed by atoms with E-state index in [0.717, 1.165) is 23.4 Å². The summed E-state index contributed by atoms with van der Waals surface area (Å²) in [5.74, 6) is 0.836. The van der Waals surface area contributed by atoms with Crippen LogP contribution in [0.15, 0.2) is 54.9 Å². The number of amides is 1. The van der Waals surface area contributed by atoms with E-state index in [4.69, 9.17) is 0 Å². The fourth-order valence-electron chi connectivity index (χ4n) is 3.63. The number of aromatic nitrogens is 4. The van der Waals surface area contributed by atoms with E-state index in [1.807, 2.05) is 61.9 Å². The van der Waals surface area contributed by atoms with Crippen molar-refractivity contribution >= 4 is 24.1 Å². The van der Waals surface area contributed by atoms with Crippen LogP contribution in [-0.2, 0) is 11.8 Å². The van der Waals surface area contributed by atoms with Gasteiger partial charge in [-0.15, -0.1) is 22.6 Å². The maximum Gasteiger partial charge on any atom is 0.225 e. The highest BCUT2D eigenvalue weighted by atomic mass is 35.5. The van der Waals surface area contributed by atoms with Crippen LogP contribution < -0.4 is 16.0 Å². The van der Waals surface area contributed by atoms with Gasteiger partial charge in [0.05, 0.1) is 17.8 Å². The van der Waals surface area contributed by atoms with Gasteiger partial charge in [-0.05, 0) is 17.7 Å². The molecule has 1 fully saturated rings. The van der Waals surface area contributed by atoms with Gasteiger partial charge in [-0.3, -0.25) is 9.48 Å². The van der Waals surface area contributed by atoms with Crippen LogP contribution in [0.5, 0.6) is 0 Å². The molecule has 0 spiro atoms. The Morgan fingerprint density at radius 2 is 1.97 bits per heavy atom. The van der Waals surface area contributed by atoms with Crippen molar-refractivity contribution in [3.63, 3.8) is 0 Å². The molecule has 4 rings (SSSR count). The Morgan fingerprint density at radius 1 is 1.13 bits per heavy atom. The summed E-state index contributed by atoms with van der Waals surface area (Å²) in [6.07, 6.45) is 3.83. The monoisotopic (exact) mass is 427 g/mol. The third kappa shape index (κ3) is 5.14. The average molecular weight is 428 g/mol. The van der Waals surface area contributed by atoms with Gasteiger partial charge in [0.15, 0.2) is 0 Å². The van der Waals surface area contributed by atoms with Crippen LogP contribution in [0.3, 0.4) is 0 Å². The molecule has 1 saturated heterocycles. The molecule has 2 aromatic heterocycles. The van der Waals surface area contributed by atoms with Crippen molar-refractivity contribution in [3.05, 3.63) is 60.4 Å². The molecule has 2 atom stereocenters. The largest absolute Gasteiger partial charge is 0.367 e. The molecule has 0 bridgehead atoms. The van der Waals surface area contributed by atoms with Gasteiger partial charge in [-0.2, -0.15) is 5.10 Å². The van der Waals surface area contributed by atoms with Gasteiger partial charge in [-0.1, -0.05) is 30.3 Å². The van der Waals surface area contributed by atoms with Crippen molar-refractivity contribution in [2.45, 2.75) is 5.92 Å². The van der Waals surface area contributed by atoms with Gasteiger partial charge in [0.2, 0.25) is 5.91 Å². The van der Waals surface area contributed by atoms with Gasteiger partial charge < -0.3 is 16.0 Å². The summed E-state index contributed by atoms with van der Waals surface area (Å²) in [5.41, 5.74) is 2.97. The topological polar surface area (TPSA) is 96.8 Å². The number of aryl methyl sites for hydroxylation is 1. The van der Waals surface area contributed by atoms with E-state index in [-0.39, 0.29) is 30.2 Å². The summed E-state index contributed by atoms with van der Waals surface area (Å²) in [6.45, 7) is 2.59. The predicted molar refractivity (Wildman–Crippen MR) is 119 cm³/mol. The Kier molecular flexibility index (Phi) is 7.37. The lowest BCUT2D eigenvalue weighted by atomic mass is 9.90. The number of hydrogen-bond donors (Lipinski definition) is 3. The van der Waals surface area contributed by atoms with E-state index in [1.54, 1.807) is 4.68 Å². The first-order chi connectivity index (χ1) is 14.2. The van der Waals surface area contributed by atoms with Crippen molar-refractivity contribution in [2.24, 2.45) is 13.0 Å². The molecule has 1 aliphatic rings. The van der Waals surface area contributed by atoms with Crippen LogP contribution >= 0.6 is 12.4 Å². The van der Waals surface area contributed by atoms with Crippen LogP contribution in [0.4, 0.5) is 5.82 Å². The van der Waals surface area contributed by atoms with E-state index < -0.39 is 0 Å². The van der Waals surface area contributed by atoms with Crippen LogP contribution in [0.25, 0.3) is 11.3 Å². The number of nitrogens with zero attached hydrogens (tertiary/aromatic N) is 4. The number of nitrogens with one attached hydrogen (secondary N) is 3. The number of anilines is 1. The molecule has 3 aromatic rings. The van der Waals surface area contributed by atoms with Crippen LogP contribution in [0.1, 0.15) is 11.5 Å². The smallest absolute Gasteiger partial charge is 0.225 e. The third-order valence-electron chi connectivity index (χ3n) is 5.17. The zero-order valence-corrected chi connectivity index (χ0v) is 17.6. The Hall–Kier alpha value is -2.97. The van der Waals surface area contributed by atoms with Gasteiger partial charge in [0.1, 0.15) is 5.82 Å². The second-order valence-electron chi connectivity index (χ2n) is 7.21. The first-order valence-corrected chi connectivity index (χ1v) is 9.81. The summed E-state index contributed by atoms with van der Waals surface area (Å²) in [5, 5.41) is 22.2. The second-order valence-corrected chi connectivity index (χ2v) is 7.21. The van der Waals surface area contributed by atoms with E-state index in [0.29, 0.717) is 25.5 Å². The fraction of sp³-hybridized carbons (Fsp3) is 0.333. The highest BCUT2D eigenvalue weighted by Crippen LogP contribution is 2.27. The molecule has 158 valence electrons. The number of carbonyl (C=O) groups excluding carboxylic acids is 1. The molecule has 0 radical (unpaired) electrons. The highest BCUT2D eigenvalue weighted by molar-refractivity contribution is 5.85. The molecule has 30 heavy (non-hydrogen) atoms. The molecular formula is C21H26ClN7O. The van der Waals surface area contributed by atoms with Crippen LogP contribution in [0.2, 0.25) is 0 Å². The molecule has 1 amide bonds. The maximum atomic E-state index is 12.6. The Balaban J connectivity index is 0.00000256. The molecular weight excluding hydrogens is 402 g/mol. The van der Waals surface area contributed by atoms with E-state index in [2.05, 4.69) is 31.2 Å². The summed E-state index contributed by atoms with van der Waals surface area (Å²) in [7, 11) is 1.89. The molecule has 0 aliphatic carbocycles. The lowest BCUT2D eigenvalue weighted by Gasteiger charge is -2.17. The number of hydrogen-bond acceptors (Lipinski definition) is 6. The van der Waals surface area contributed by atoms with Crippen molar-refractivity contribution in [1.29, 1.82) is 0 Å². The number of rotatable bonds is 7. The average Bonchev–Trinajstić information content (AvgIpc) is 3.41. The van der Waals surface area contributed by atoms with Crippen LogP contribution in [0, 0.1) is 5.92 Å². The van der Waals surface area contributed by atoms with Gasteiger partial charge in [0, 0.05) is 50.9 Å². The van der Waals surface area contributed by atoms with Gasteiger partial charge >= 0.3 is 0 Å². The molecule has 1 aromatic carbocycles. The Labute approximate surface area is 181 Å². The molecule has 3 N–H and O–H groups in total. The Bertz CT molecular complexity index is 946. The zero-order chi connectivity index (χ0) is 20.1. The summed E-state index contributed by atoms with van der Waals surface area (Å²) in [6, 6.07) is 13.8. The fourth-order valence-corrected chi connectivity index (χ4v) is 3.63. The maximum absolute atomic E-state index is 12.6. The standard InChI is InChI=1S/C21H25N7O.ClH/c1-28-14-16(11-25-28)17-12-22-13-18(17)21(29)24-10-9-23-20-8-7-19(26-27-20)15-5-3-2-4-6-15;/h2-8,11,14,17-18,22H,9-10,12-13H2,1H3,(H,23,27)(H,24,29);1H/t17-,18+;/m1./s1. The molecule has 8 nitrogen and oxygen atoms in total. The van der Waals surface area contributed by atoms with Crippen molar-refractivity contribution in [3.8, 4) is 11.3 Å². The first-order valence-electron chi connectivity index (χ1n) is 9.81. The van der Waals surface area contributed by atoms with Crippen molar-refractivity contribution in [2.75, 3.05) is 31.5 Å². The van der Waals surface area contributed by atoms with Crippen molar-refractivity contribution in [1.82, 2.24) is 30.6 Å². The minimum absolute atomic E-state index is 0. The summed E-state index contributed by atoms with van der Waals surface area (Å²) < 4.78 is 1.77. The quantitative estimate of drug-likeness (QED) is 0.498. The number of halogens is 1. The second kappa shape index (κ2) is 10.2. The minimum Gasteiger partial charge on any atom is -0.367 e. The predicted octanol–water partition coefficient (Wildman–Crippen LogP) is 1.83. The molecule has 0 saturated carbocycles. The SMILES string of the molecule is Cl.Cn1cc([C@H]2CNC[C@@H]2C(=O)NCCNc2ccc(-c3ccccc3)nn2)cn1. The molecule has 1 aliphatic heterocycles. The summed E-state index contributed by atoms with van der Waals surface area (Å²) >= 11 is 0. The number of benzene rings is 1. The number of carbonyl (C=O) groups is 1. The molecule has 9 heteroatoms. The Morgan fingerprint density at radius 3 is 2.67 bits per heavy atom. The normalized spacial score (nSPS) is 17.9. The zero-order valence-electron chi connectivity index (χ0n) is 16.8. The van der Waals surface area contributed by atoms with Crippen LogP contribution in [-0.4, -0.2) is 52.1 Å². The van der Waals surface area contributed by atoms with E-state index >= 15 is 0 Å². The van der Waals surface area contributed by atoms with Gasteiger partial charge in [-0.25, -0.2) is 0 Å². The van der Waals surface area contributed by atoms with E-state index in [1.165, 1.54) is 0 Å². The minimum atomic E-state index is -0.0795. The van der Waals surface area contributed by atoms with Crippen molar-refractivity contribution < 1.29 is 4.79 Å². The lowest BCUT2D eigenvalue weighted by Crippen LogP contribution is -2.37. The third-order valence-corrected chi connectivity index (χ3v) is 5.17. The molecule has 3 heterocycles. The molecule has 0 unspecified atom stereocenters. The first kappa shape index (κ1) is 21.7. The highest BCUT2D eigenvalue weighted by Gasteiger charge is 2.34. The van der Waals surface area contributed by atoms with E-state index in [9.17, 15) is 4.79 Å². The summed E-state index contributed by atoms with van der Waals surface area (Å²) in [4.78, 5) is 12.6.